The minimum absolute atomic E-state index is 0. The first kappa shape index (κ1) is 20.1. The first-order valence-electron chi connectivity index (χ1n) is 8.73. The fourth-order valence-electron chi connectivity index (χ4n) is 3.32. The number of piperidine rings is 1. The van der Waals surface area contributed by atoms with Gasteiger partial charge in [0.1, 0.15) is 0 Å². The molecular weight excluding hydrogens is 358 g/mol. The number of carbonyl (C=O) groups excluding carboxylic acids is 2. The Hall–Kier alpha value is -1.24. The zero-order valence-corrected chi connectivity index (χ0v) is 16.3. The summed E-state index contributed by atoms with van der Waals surface area (Å²) in [4.78, 5) is 28.0. The predicted molar refractivity (Wildman–Crippen MR) is 105 cm³/mol. The van der Waals surface area contributed by atoms with E-state index in [9.17, 15) is 9.59 Å². The third-order valence-corrected chi connectivity index (χ3v) is 5.81. The van der Waals surface area contributed by atoms with Gasteiger partial charge in [-0.05, 0) is 57.5 Å². The van der Waals surface area contributed by atoms with E-state index in [1.807, 2.05) is 30.0 Å². The largest absolute Gasteiger partial charge is 0.336 e. The number of amides is 2. The molecule has 1 unspecified atom stereocenters. The molecule has 1 aromatic carbocycles. The van der Waals surface area contributed by atoms with Crippen LogP contribution in [0.5, 0.6) is 0 Å². The third-order valence-electron chi connectivity index (χ3n) is 4.63. The number of benzene rings is 1. The molecule has 0 radical (unpaired) electrons. The number of fused-ring (bicyclic) bond motifs is 1. The fraction of sp³-hybridized carbons (Fsp3) is 0.556. The lowest BCUT2D eigenvalue weighted by Gasteiger charge is -2.35. The minimum atomic E-state index is -0.0922. The molecule has 2 heterocycles. The van der Waals surface area contributed by atoms with E-state index in [0.717, 1.165) is 49.5 Å². The van der Waals surface area contributed by atoms with Gasteiger partial charge in [0.15, 0.2) is 0 Å². The number of rotatable bonds is 4. The van der Waals surface area contributed by atoms with E-state index in [1.54, 1.807) is 11.8 Å². The maximum absolute atomic E-state index is 13.1. The summed E-state index contributed by atoms with van der Waals surface area (Å²) in [5.74, 6) is 0.0743. The highest BCUT2D eigenvalue weighted by Gasteiger charge is 2.28. The van der Waals surface area contributed by atoms with Crippen molar-refractivity contribution in [2.45, 2.75) is 49.3 Å². The maximum Gasteiger partial charge on any atom is 0.254 e. The fourth-order valence-corrected chi connectivity index (χ4v) is 4.25. The van der Waals surface area contributed by atoms with Crippen molar-refractivity contribution in [1.82, 2.24) is 10.2 Å². The summed E-state index contributed by atoms with van der Waals surface area (Å²) < 4.78 is 0. The van der Waals surface area contributed by atoms with Gasteiger partial charge in [-0.1, -0.05) is 6.92 Å². The van der Waals surface area contributed by atoms with Crippen LogP contribution in [0.1, 0.15) is 43.5 Å². The molecule has 2 aliphatic heterocycles. The number of anilines is 1. The normalized spacial score (nSPS) is 20.2. The summed E-state index contributed by atoms with van der Waals surface area (Å²) in [6, 6.07) is 5.98. The number of nitrogens with zero attached hydrogens (tertiary/aromatic N) is 1. The molecule has 1 fully saturated rings. The van der Waals surface area contributed by atoms with Crippen molar-refractivity contribution < 1.29 is 9.59 Å². The molecule has 3 rings (SSSR count). The lowest BCUT2D eigenvalue weighted by Crippen LogP contribution is -2.46. The Balaban J connectivity index is 0.00000225. The number of halogens is 1. The molecule has 0 aromatic heterocycles. The smallest absolute Gasteiger partial charge is 0.254 e. The number of carbonyl (C=O) groups is 2. The minimum Gasteiger partial charge on any atom is -0.336 e. The van der Waals surface area contributed by atoms with Gasteiger partial charge in [0.25, 0.3) is 5.91 Å². The van der Waals surface area contributed by atoms with Crippen molar-refractivity contribution in [1.29, 1.82) is 0 Å². The maximum atomic E-state index is 13.1. The number of hydrogen-bond acceptors (Lipinski definition) is 4. The van der Waals surface area contributed by atoms with Gasteiger partial charge in [0, 0.05) is 23.0 Å². The Morgan fingerprint density at radius 3 is 2.72 bits per heavy atom. The third kappa shape index (κ3) is 4.49. The van der Waals surface area contributed by atoms with Gasteiger partial charge in [-0.15, -0.1) is 24.2 Å². The first-order valence-corrected chi connectivity index (χ1v) is 9.61. The molecule has 2 aliphatic rings. The molecule has 1 aromatic rings. The van der Waals surface area contributed by atoms with Crippen LogP contribution in [-0.2, 0) is 4.79 Å². The summed E-state index contributed by atoms with van der Waals surface area (Å²) in [6.45, 7) is 6.70. The first-order chi connectivity index (χ1) is 11.6. The van der Waals surface area contributed by atoms with Gasteiger partial charge in [-0.3, -0.25) is 9.59 Å². The van der Waals surface area contributed by atoms with Crippen LogP contribution in [0.4, 0.5) is 5.69 Å². The molecule has 2 amide bonds. The van der Waals surface area contributed by atoms with E-state index in [0.29, 0.717) is 11.6 Å². The van der Waals surface area contributed by atoms with E-state index in [1.165, 1.54) is 0 Å². The van der Waals surface area contributed by atoms with Crippen molar-refractivity contribution in [2.24, 2.45) is 0 Å². The zero-order valence-electron chi connectivity index (χ0n) is 14.7. The highest BCUT2D eigenvalue weighted by molar-refractivity contribution is 8.00. The lowest BCUT2D eigenvalue weighted by molar-refractivity contribution is -0.115. The Morgan fingerprint density at radius 1 is 1.32 bits per heavy atom. The molecule has 0 saturated carbocycles. The second kappa shape index (κ2) is 8.92. The SMILES string of the molecule is CCCN(C(=O)c1ccc2c(c1)NC(=O)C(C)S2)C1CCNCC1.Cl. The average Bonchev–Trinajstić information content (AvgIpc) is 2.60. The van der Waals surface area contributed by atoms with Gasteiger partial charge >= 0.3 is 0 Å². The van der Waals surface area contributed by atoms with E-state index in [2.05, 4.69) is 17.6 Å². The molecule has 0 spiro atoms. The van der Waals surface area contributed by atoms with Gasteiger partial charge in [0.2, 0.25) is 5.91 Å². The van der Waals surface area contributed by atoms with E-state index in [4.69, 9.17) is 0 Å². The summed E-state index contributed by atoms with van der Waals surface area (Å²) in [6.07, 6.45) is 2.95. The van der Waals surface area contributed by atoms with Crippen LogP contribution in [-0.4, -0.2) is 47.6 Å². The van der Waals surface area contributed by atoms with Crippen LogP contribution in [0.3, 0.4) is 0 Å². The number of nitrogens with one attached hydrogen (secondary N) is 2. The molecule has 1 atom stereocenters. The van der Waals surface area contributed by atoms with Crippen molar-refractivity contribution in [3.8, 4) is 0 Å². The van der Waals surface area contributed by atoms with Crippen LogP contribution in [0.15, 0.2) is 23.1 Å². The average molecular weight is 384 g/mol. The lowest BCUT2D eigenvalue weighted by atomic mass is 10.0. The Morgan fingerprint density at radius 2 is 2.04 bits per heavy atom. The van der Waals surface area contributed by atoms with Crippen molar-refractivity contribution in [3.63, 3.8) is 0 Å². The highest BCUT2D eigenvalue weighted by Crippen LogP contribution is 2.36. The molecular formula is C18H26ClN3O2S. The summed E-state index contributed by atoms with van der Waals surface area (Å²) >= 11 is 1.54. The van der Waals surface area contributed by atoms with Gasteiger partial charge in [-0.2, -0.15) is 0 Å². The van der Waals surface area contributed by atoms with Crippen LogP contribution in [0, 0.1) is 0 Å². The topological polar surface area (TPSA) is 61.4 Å². The monoisotopic (exact) mass is 383 g/mol. The van der Waals surface area contributed by atoms with Crippen LogP contribution in [0.2, 0.25) is 0 Å². The molecule has 0 bridgehead atoms. The number of thioether (sulfide) groups is 1. The molecule has 7 heteroatoms. The molecule has 138 valence electrons. The van der Waals surface area contributed by atoms with Crippen LogP contribution < -0.4 is 10.6 Å². The predicted octanol–water partition coefficient (Wildman–Crippen LogP) is 3.15. The molecule has 5 nitrogen and oxygen atoms in total. The van der Waals surface area contributed by atoms with E-state index in [-0.39, 0.29) is 29.5 Å². The Labute approximate surface area is 159 Å². The molecule has 1 saturated heterocycles. The highest BCUT2D eigenvalue weighted by atomic mass is 35.5. The second-order valence-electron chi connectivity index (χ2n) is 6.44. The standard InChI is InChI=1S/C18H25N3O2S.ClH/c1-3-10-21(14-6-8-19-9-7-14)18(23)13-4-5-16-15(11-13)20-17(22)12(2)24-16;/h4-5,11-12,14,19H,3,6-10H2,1-2H3,(H,20,22);1H. The van der Waals surface area contributed by atoms with E-state index >= 15 is 0 Å². The molecule has 0 aliphatic carbocycles. The Kier molecular flexibility index (Phi) is 7.16. The van der Waals surface area contributed by atoms with Crippen LogP contribution >= 0.6 is 24.2 Å². The van der Waals surface area contributed by atoms with Gasteiger partial charge < -0.3 is 15.5 Å². The van der Waals surface area contributed by atoms with Crippen molar-refractivity contribution in [2.75, 3.05) is 25.0 Å². The summed E-state index contributed by atoms with van der Waals surface area (Å²) in [7, 11) is 0. The van der Waals surface area contributed by atoms with Crippen LogP contribution in [0.25, 0.3) is 0 Å². The molecule has 25 heavy (non-hydrogen) atoms. The second-order valence-corrected chi connectivity index (χ2v) is 7.82. The van der Waals surface area contributed by atoms with E-state index < -0.39 is 0 Å². The quantitative estimate of drug-likeness (QED) is 0.838. The number of hydrogen-bond donors (Lipinski definition) is 2. The molecule has 2 N–H and O–H groups in total. The Bertz CT molecular complexity index is 635. The van der Waals surface area contributed by atoms with Gasteiger partial charge in [-0.25, -0.2) is 0 Å². The summed E-state index contributed by atoms with van der Waals surface area (Å²) in [5, 5.41) is 6.17. The zero-order chi connectivity index (χ0) is 17.1. The van der Waals surface area contributed by atoms with Crippen molar-refractivity contribution >= 4 is 41.7 Å². The van der Waals surface area contributed by atoms with Crippen molar-refractivity contribution in [3.05, 3.63) is 23.8 Å². The van der Waals surface area contributed by atoms with Gasteiger partial charge in [0.05, 0.1) is 10.9 Å². The summed E-state index contributed by atoms with van der Waals surface area (Å²) in [5.41, 5.74) is 1.42.